The Morgan fingerprint density at radius 1 is 0.889 bits per heavy atom. The van der Waals surface area contributed by atoms with Crippen molar-refractivity contribution < 1.29 is 29.3 Å². The highest BCUT2D eigenvalue weighted by molar-refractivity contribution is 5.68. The maximum absolute atomic E-state index is 11.0. The Labute approximate surface area is 104 Å². The monoisotopic (exact) mass is 256 g/mol. The van der Waals surface area contributed by atoms with Crippen molar-refractivity contribution >= 4 is 11.9 Å². The van der Waals surface area contributed by atoms with E-state index < -0.39 is 48.2 Å². The summed E-state index contributed by atoms with van der Waals surface area (Å²) in [5, 5.41) is 19.6. The maximum Gasteiger partial charge on any atom is 0.303 e. The summed E-state index contributed by atoms with van der Waals surface area (Å²) in [6.45, 7) is 2.50. The summed E-state index contributed by atoms with van der Waals surface area (Å²) in [6, 6.07) is 0. The zero-order chi connectivity index (χ0) is 13.4. The van der Waals surface area contributed by atoms with E-state index in [0.29, 0.717) is 0 Å². The second-order valence-corrected chi connectivity index (χ2v) is 4.67. The Balaban J connectivity index is 2.18. The standard InChI is InChI=1S/C12H16O6/c1-5(13)17-11-9-7(15)3-4-8(16)10(9)12(11)18-6(2)14/h3-4,7-12,15-16H,1-2H3/t7-,8+,9+,10-,11-,12-/m0/s1. The lowest BCUT2D eigenvalue weighted by Gasteiger charge is -2.53. The summed E-state index contributed by atoms with van der Waals surface area (Å²) in [4.78, 5) is 22.0. The number of aliphatic hydroxyl groups excluding tert-OH is 2. The zero-order valence-corrected chi connectivity index (χ0v) is 10.1. The fourth-order valence-electron chi connectivity index (χ4n) is 2.73. The zero-order valence-electron chi connectivity index (χ0n) is 10.1. The lowest BCUT2D eigenvalue weighted by molar-refractivity contribution is -0.236. The predicted molar refractivity (Wildman–Crippen MR) is 59.2 cm³/mol. The molecular formula is C12H16O6. The van der Waals surface area contributed by atoms with Gasteiger partial charge in [-0.3, -0.25) is 9.59 Å². The Hall–Kier alpha value is -1.40. The number of fused-ring (bicyclic) bond motifs is 1. The van der Waals surface area contributed by atoms with Crippen LogP contribution in [0.5, 0.6) is 0 Å². The van der Waals surface area contributed by atoms with E-state index in [2.05, 4.69) is 0 Å². The molecule has 6 atom stereocenters. The van der Waals surface area contributed by atoms with Crippen LogP contribution in [0.15, 0.2) is 12.2 Å². The van der Waals surface area contributed by atoms with E-state index in [9.17, 15) is 19.8 Å². The molecule has 100 valence electrons. The van der Waals surface area contributed by atoms with Gasteiger partial charge in [0, 0.05) is 25.7 Å². The molecule has 6 nitrogen and oxygen atoms in total. The van der Waals surface area contributed by atoms with Gasteiger partial charge >= 0.3 is 11.9 Å². The minimum atomic E-state index is -0.811. The lowest BCUT2D eigenvalue weighted by atomic mass is 9.60. The van der Waals surface area contributed by atoms with Crippen molar-refractivity contribution in [2.75, 3.05) is 0 Å². The van der Waals surface area contributed by atoms with Crippen molar-refractivity contribution in [1.29, 1.82) is 0 Å². The molecule has 1 fully saturated rings. The van der Waals surface area contributed by atoms with Crippen LogP contribution in [0.1, 0.15) is 13.8 Å². The van der Waals surface area contributed by atoms with Crippen LogP contribution in [-0.2, 0) is 19.1 Å². The van der Waals surface area contributed by atoms with Gasteiger partial charge in [-0.25, -0.2) is 0 Å². The minimum Gasteiger partial charge on any atom is -0.458 e. The van der Waals surface area contributed by atoms with Crippen LogP contribution < -0.4 is 0 Å². The second kappa shape index (κ2) is 4.70. The smallest absolute Gasteiger partial charge is 0.303 e. The molecule has 0 unspecified atom stereocenters. The van der Waals surface area contributed by atoms with Crippen molar-refractivity contribution in [1.82, 2.24) is 0 Å². The van der Waals surface area contributed by atoms with Gasteiger partial charge in [0.05, 0.1) is 12.2 Å². The third-order valence-corrected chi connectivity index (χ3v) is 3.43. The number of ether oxygens (including phenoxy) is 2. The molecule has 0 saturated heterocycles. The number of aliphatic hydroxyl groups is 2. The van der Waals surface area contributed by atoms with Gasteiger partial charge in [-0.05, 0) is 0 Å². The molecule has 0 amide bonds. The molecule has 2 rings (SSSR count). The van der Waals surface area contributed by atoms with Gasteiger partial charge in [-0.15, -0.1) is 0 Å². The van der Waals surface area contributed by atoms with Crippen molar-refractivity contribution in [3.05, 3.63) is 12.2 Å². The van der Waals surface area contributed by atoms with Crippen molar-refractivity contribution in [3.8, 4) is 0 Å². The molecular weight excluding hydrogens is 240 g/mol. The molecule has 0 bridgehead atoms. The summed E-state index contributed by atoms with van der Waals surface area (Å²) < 4.78 is 10.1. The lowest BCUT2D eigenvalue weighted by Crippen LogP contribution is -2.66. The van der Waals surface area contributed by atoms with Crippen molar-refractivity contribution in [2.24, 2.45) is 11.8 Å². The molecule has 2 aliphatic carbocycles. The number of rotatable bonds is 2. The van der Waals surface area contributed by atoms with Gasteiger partial charge < -0.3 is 19.7 Å². The molecule has 0 aromatic rings. The second-order valence-electron chi connectivity index (χ2n) is 4.67. The quantitative estimate of drug-likeness (QED) is 0.505. The van der Waals surface area contributed by atoms with Gasteiger partial charge in [-0.1, -0.05) is 12.2 Å². The molecule has 0 aromatic heterocycles. The highest BCUT2D eigenvalue weighted by Crippen LogP contribution is 2.46. The van der Waals surface area contributed by atoms with E-state index in [1.807, 2.05) is 0 Å². The molecule has 0 aromatic carbocycles. The highest BCUT2D eigenvalue weighted by Gasteiger charge is 2.60. The highest BCUT2D eigenvalue weighted by atomic mass is 16.6. The van der Waals surface area contributed by atoms with E-state index in [0.717, 1.165) is 0 Å². The van der Waals surface area contributed by atoms with E-state index >= 15 is 0 Å². The normalized spacial score (nSPS) is 41.6. The third kappa shape index (κ3) is 2.13. The number of carbonyl (C=O) groups excluding carboxylic acids is 2. The minimum absolute atomic E-state index is 0.432. The molecule has 0 heterocycles. The first-order valence-electron chi connectivity index (χ1n) is 5.80. The Bertz CT molecular complexity index is 354. The number of carbonyl (C=O) groups is 2. The molecule has 2 N–H and O–H groups in total. The topological polar surface area (TPSA) is 93.1 Å². The van der Waals surface area contributed by atoms with Crippen LogP contribution in [0.3, 0.4) is 0 Å². The molecule has 1 saturated carbocycles. The van der Waals surface area contributed by atoms with Gasteiger partial charge in [0.1, 0.15) is 12.2 Å². The average Bonchev–Trinajstić information content (AvgIpc) is 2.26. The average molecular weight is 256 g/mol. The first-order chi connectivity index (χ1) is 8.41. The van der Waals surface area contributed by atoms with Crippen molar-refractivity contribution in [2.45, 2.75) is 38.3 Å². The first-order valence-corrected chi connectivity index (χ1v) is 5.80. The molecule has 0 aliphatic heterocycles. The Morgan fingerprint density at radius 2 is 1.22 bits per heavy atom. The third-order valence-electron chi connectivity index (χ3n) is 3.43. The van der Waals surface area contributed by atoms with Crippen LogP contribution in [0.4, 0.5) is 0 Å². The number of esters is 2. The first kappa shape index (κ1) is 13.0. The number of hydrogen-bond donors (Lipinski definition) is 2. The Morgan fingerprint density at radius 3 is 1.50 bits per heavy atom. The van der Waals surface area contributed by atoms with Crippen LogP contribution in [-0.4, -0.2) is 46.6 Å². The Kier molecular flexibility index (Phi) is 3.41. The summed E-state index contributed by atoms with van der Waals surface area (Å²) in [7, 11) is 0. The van der Waals surface area contributed by atoms with Gasteiger partial charge in [0.25, 0.3) is 0 Å². The SMILES string of the molecule is CC(=O)O[C@@H]1[C@@H](OC(C)=O)[C@H]2[C@@H]1[C@H](O)C=C[C@@H]2O. The van der Waals surface area contributed by atoms with E-state index in [-0.39, 0.29) is 0 Å². The molecule has 18 heavy (non-hydrogen) atoms. The fourth-order valence-corrected chi connectivity index (χ4v) is 2.73. The van der Waals surface area contributed by atoms with Gasteiger partial charge in [0.2, 0.25) is 0 Å². The summed E-state index contributed by atoms with van der Waals surface area (Å²) in [6.07, 6.45) is -0.0975. The van der Waals surface area contributed by atoms with E-state index in [1.54, 1.807) is 0 Å². The van der Waals surface area contributed by atoms with E-state index in [4.69, 9.17) is 9.47 Å². The van der Waals surface area contributed by atoms with Gasteiger partial charge in [0.15, 0.2) is 0 Å². The van der Waals surface area contributed by atoms with Gasteiger partial charge in [-0.2, -0.15) is 0 Å². The molecule has 0 radical (unpaired) electrons. The fraction of sp³-hybridized carbons (Fsp3) is 0.667. The summed E-state index contributed by atoms with van der Waals surface area (Å²) >= 11 is 0. The van der Waals surface area contributed by atoms with Crippen LogP contribution >= 0.6 is 0 Å². The predicted octanol–water partition coefficient (Wildman–Crippen LogP) is -0.613. The van der Waals surface area contributed by atoms with Crippen LogP contribution in [0, 0.1) is 11.8 Å². The largest absolute Gasteiger partial charge is 0.458 e. The van der Waals surface area contributed by atoms with Crippen LogP contribution in [0.25, 0.3) is 0 Å². The summed E-state index contributed by atoms with van der Waals surface area (Å²) in [5.41, 5.74) is 0. The van der Waals surface area contributed by atoms with E-state index in [1.165, 1.54) is 26.0 Å². The number of hydrogen-bond acceptors (Lipinski definition) is 6. The molecule has 6 heteroatoms. The molecule has 2 aliphatic rings. The summed E-state index contributed by atoms with van der Waals surface area (Å²) in [5.74, 6) is -1.88. The van der Waals surface area contributed by atoms with Crippen molar-refractivity contribution in [3.63, 3.8) is 0 Å². The van der Waals surface area contributed by atoms with Crippen LogP contribution in [0.2, 0.25) is 0 Å². The maximum atomic E-state index is 11.0. The molecule has 0 spiro atoms.